The van der Waals surface area contributed by atoms with Crippen LogP contribution in [0.3, 0.4) is 0 Å². The molecular weight excluding hydrogens is 562 g/mol. The Balaban J connectivity index is 1.32. The van der Waals surface area contributed by atoms with Gasteiger partial charge in [-0.15, -0.1) is 0 Å². The summed E-state index contributed by atoms with van der Waals surface area (Å²) in [7, 11) is -4.46. The van der Waals surface area contributed by atoms with Crippen LogP contribution in [0, 0.1) is 11.8 Å². The number of benzene rings is 1. The molecule has 1 heterocycles. The highest BCUT2D eigenvalue weighted by atomic mass is 32.2. The third kappa shape index (κ3) is 7.31. The first-order valence-corrected chi connectivity index (χ1v) is 14.0. The molecule has 0 atom stereocenters. The van der Waals surface area contributed by atoms with Gasteiger partial charge in [0, 0.05) is 24.0 Å². The van der Waals surface area contributed by atoms with Crippen molar-refractivity contribution in [2.45, 2.75) is 44.5 Å². The molecule has 1 aromatic heterocycles. The van der Waals surface area contributed by atoms with Gasteiger partial charge >= 0.3 is 12.4 Å². The SMILES string of the molecule is NNc1nc(NCC2CCC(CNS(=O)(=O)C3=CCC(C(F)(F)F)=CC(C(F)(F)F)=C3)CC2)nc2ccccc12. The molecule has 218 valence electrons. The molecule has 1 saturated carbocycles. The van der Waals surface area contributed by atoms with E-state index in [1.54, 1.807) is 0 Å². The molecule has 0 radical (unpaired) electrons. The minimum absolute atomic E-state index is 0.0338. The maximum atomic E-state index is 13.3. The van der Waals surface area contributed by atoms with Crippen LogP contribution >= 0.6 is 0 Å². The van der Waals surface area contributed by atoms with Crippen molar-refractivity contribution in [3.63, 3.8) is 0 Å². The molecule has 15 heteroatoms. The lowest BCUT2D eigenvalue weighted by Gasteiger charge is -2.28. The summed E-state index contributed by atoms with van der Waals surface area (Å²) >= 11 is 0. The third-order valence-corrected chi connectivity index (χ3v) is 8.42. The third-order valence-electron chi connectivity index (χ3n) is 6.97. The molecule has 2 aliphatic rings. The minimum Gasteiger partial charge on any atom is -0.354 e. The van der Waals surface area contributed by atoms with Crippen LogP contribution in [0.5, 0.6) is 0 Å². The van der Waals surface area contributed by atoms with E-state index in [0.29, 0.717) is 37.2 Å². The Morgan fingerprint density at radius 2 is 1.55 bits per heavy atom. The number of rotatable bonds is 8. The molecule has 1 aromatic carbocycles. The van der Waals surface area contributed by atoms with Gasteiger partial charge < -0.3 is 10.7 Å². The molecule has 40 heavy (non-hydrogen) atoms. The molecule has 0 unspecified atom stereocenters. The number of alkyl halides is 6. The summed E-state index contributed by atoms with van der Waals surface area (Å²) in [6.45, 7) is 0.543. The van der Waals surface area contributed by atoms with Gasteiger partial charge in [0.25, 0.3) is 0 Å². The number of aromatic nitrogens is 2. The molecule has 0 spiro atoms. The zero-order valence-electron chi connectivity index (χ0n) is 21.1. The van der Waals surface area contributed by atoms with E-state index in [9.17, 15) is 34.8 Å². The van der Waals surface area contributed by atoms with Gasteiger partial charge in [-0.2, -0.15) is 31.3 Å². The second-order valence-electron chi connectivity index (χ2n) is 9.75. The summed E-state index contributed by atoms with van der Waals surface area (Å²) in [5.74, 6) is 6.66. The molecule has 0 bridgehead atoms. The van der Waals surface area contributed by atoms with Crippen LogP contribution in [0.4, 0.5) is 38.1 Å². The van der Waals surface area contributed by atoms with Gasteiger partial charge in [0.05, 0.1) is 16.0 Å². The summed E-state index contributed by atoms with van der Waals surface area (Å²) in [5, 5.41) is 3.99. The Morgan fingerprint density at radius 3 is 2.17 bits per heavy atom. The van der Waals surface area contributed by atoms with E-state index in [1.165, 1.54) is 0 Å². The average molecular weight is 591 g/mol. The van der Waals surface area contributed by atoms with Crippen LogP contribution in [0.1, 0.15) is 32.1 Å². The number of halogens is 6. The number of hydrogen-bond donors (Lipinski definition) is 4. The van der Waals surface area contributed by atoms with E-state index in [0.717, 1.165) is 23.7 Å². The Hall–Kier alpha value is -3.17. The van der Waals surface area contributed by atoms with Crippen molar-refractivity contribution in [3.05, 3.63) is 58.5 Å². The molecule has 2 aromatic rings. The van der Waals surface area contributed by atoms with Gasteiger partial charge in [-0.3, -0.25) is 0 Å². The van der Waals surface area contributed by atoms with Crippen molar-refractivity contribution in [2.75, 3.05) is 23.8 Å². The summed E-state index contributed by atoms with van der Waals surface area (Å²) in [6.07, 6.45) is -7.48. The fraction of sp³-hybridized carbons (Fsp3) is 0.440. The smallest absolute Gasteiger partial charge is 0.354 e. The number of allylic oxidation sites excluding steroid dienone is 5. The number of anilines is 2. The molecule has 4 rings (SSSR count). The van der Waals surface area contributed by atoms with E-state index >= 15 is 0 Å². The molecular formula is C25H28F6N6O2S. The number of para-hydroxylation sites is 1. The van der Waals surface area contributed by atoms with Crippen molar-refractivity contribution in [2.24, 2.45) is 17.7 Å². The number of nitrogens with two attached hydrogens (primary N) is 1. The van der Waals surface area contributed by atoms with Crippen molar-refractivity contribution in [3.8, 4) is 0 Å². The van der Waals surface area contributed by atoms with Crippen molar-refractivity contribution in [1.29, 1.82) is 0 Å². The largest absolute Gasteiger partial charge is 0.416 e. The van der Waals surface area contributed by atoms with Crippen LogP contribution in [-0.2, 0) is 10.0 Å². The number of nitrogen functional groups attached to an aromatic ring is 1. The number of hydrazine groups is 1. The zero-order valence-corrected chi connectivity index (χ0v) is 21.9. The predicted octanol–water partition coefficient (Wildman–Crippen LogP) is 5.32. The molecule has 2 aliphatic carbocycles. The second-order valence-corrected chi connectivity index (χ2v) is 11.5. The normalized spacial score (nSPS) is 20.8. The van der Waals surface area contributed by atoms with Crippen LogP contribution < -0.4 is 21.3 Å². The van der Waals surface area contributed by atoms with Gasteiger partial charge in [0.15, 0.2) is 5.82 Å². The van der Waals surface area contributed by atoms with Crippen molar-refractivity contribution >= 4 is 32.7 Å². The molecule has 1 fully saturated rings. The molecule has 0 saturated heterocycles. The van der Waals surface area contributed by atoms with Crippen molar-refractivity contribution < 1.29 is 34.8 Å². The second kappa shape index (κ2) is 11.7. The van der Waals surface area contributed by atoms with Gasteiger partial charge in [0.2, 0.25) is 16.0 Å². The standard InChI is InChI=1S/C25H28F6N6O2S/c26-24(27,28)17-9-10-19(12-18(11-17)25(29,30)31)40(38,39)34-14-16-7-5-15(6-8-16)13-33-23-35-21-4-2-1-3-20(21)22(36-23)37-32/h1-4,10-12,15-16,34H,5-9,13-14,32H2,(H2,33,35,36,37). The van der Waals surface area contributed by atoms with Crippen LogP contribution in [-0.4, -0.2) is 43.8 Å². The average Bonchev–Trinajstić information content (AvgIpc) is 3.16. The topological polar surface area (TPSA) is 122 Å². The Labute approximate surface area is 226 Å². The Bertz CT molecular complexity index is 1430. The quantitative estimate of drug-likeness (QED) is 0.187. The highest BCUT2D eigenvalue weighted by Crippen LogP contribution is 2.37. The van der Waals surface area contributed by atoms with E-state index in [1.807, 2.05) is 24.3 Å². The van der Waals surface area contributed by atoms with E-state index in [4.69, 9.17) is 5.84 Å². The van der Waals surface area contributed by atoms with Gasteiger partial charge in [-0.1, -0.05) is 18.2 Å². The highest BCUT2D eigenvalue weighted by molar-refractivity contribution is 7.93. The molecule has 5 N–H and O–H groups in total. The number of fused-ring (bicyclic) bond motifs is 1. The van der Waals surface area contributed by atoms with Crippen LogP contribution in [0.25, 0.3) is 10.9 Å². The van der Waals surface area contributed by atoms with Crippen molar-refractivity contribution in [1.82, 2.24) is 14.7 Å². The van der Waals surface area contributed by atoms with E-state index < -0.39 is 44.8 Å². The fourth-order valence-electron chi connectivity index (χ4n) is 4.71. The van der Waals surface area contributed by atoms with Gasteiger partial charge in [-0.05, 0) is 68.2 Å². The van der Waals surface area contributed by atoms with Gasteiger partial charge in [0.1, 0.15) is 0 Å². The van der Waals surface area contributed by atoms with E-state index in [2.05, 4.69) is 25.4 Å². The fourth-order valence-corrected chi connectivity index (χ4v) is 5.92. The number of hydrogen-bond acceptors (Lipinski definition) is 7. The Morgan fingerprint density at radius 1 is 0.900 bits per heavy atom. The zero-order chi connectivity index (χ0) is 29.1. The number of nitrogens with one attached hydrogen (secondary N) is 3. The summed E-state index contributed by atoms with van der Waals surface area (Å²) in [6, 6.07) is 7.39. The first kappa shape index (κ1) is 29.8. The van der Waals surface area contributed by atoms with Crippen LogP contribution in [0.2, 0.25) is 0 Å². The minimum atomic E-state index is -5.15. The lowest BCUT2D eigenvalue weighted by Crippen LogP contribution is -2.33. The molecule has 0 aliphatic heterocycles. The molecule has 8 nitrogen and oxygen atoms in total. The maximum absolute atomic E-state index is 13.3. The highest BCUT2D eigenvalue weighted by Gasteiger charge is 2.40. The first-order chi connectivity index (χ1) is 18.8. The lowest BCUT2D eigenvalue weighted by molar-refractivity contribution is -0.0963. The summed E-state index contributed by atoms with van der Waals surface area (Å²) in [4.78, 5) is 8.03. The van der Waals surface area contributed by atoms with Crippen LogP contribution in [0.15, 0.2) is 58.5 Å². The number of nitrogens with zero attached hydrogens (tertiary/aromatic N) is 2. The first-order valence-electron chi connectivity index (χ1n) is 12.5. The lowest BCUT2D eigenvalue weighted by atomic mass is 9.82. The van der Waals surface area contributed by atoms with Gasteiger partial charge in [-0.25, -0.2) is 24.0 Å². The maximum Gasteiger partial charge on any atom is 0.416 e. The summed E-state index contributed by atoms with van der Waals surface area (Å²) < 4.78 is 107. The Kier molecular flexibility index (Phi) is 8.75. The molecule has 0 amide bonds. The van der Waals surface area contributed by atoms with E-state index in [-0.39, 0.29) is 30.5 Å². The summed E-state index contributed by atoms with van der Waals surface area (Å²) in [5.41, 5.74) is 0.132. The number of sulfonamides is 1. The monoisotopic (exact) mass is 590 g/mol. The predicted molar refractivity (Wildman–Crippen MR) is 139 cm³/mol.